The zero-order valence-corrected chi connectivity index (χ0v) is 17.7. The lowest BCUT2D eigenvalue weighted by Gasteiger charge is -2.16. The SMILES string of the molecule is CC1(C)CN(c2cccc(-c3nsc(Nc4ccc5[nH]ncc5c4Cl)n3)c2)C(=O)O1. The van der Waals surface area contributed by atoms with Crippen LogP contribution in [-0.2, 0) is 4.74 Å². The molecule has 2 N–H and O–H groups in total. The number of hydrogen-bond donors (Lipinski definition) is 2. The first-order valence-corrected chi connectivity index (χ1v) is 10.4. The van der Waals surface area contributed by atoms with Crippen LogP contribution in [0.15, 0.2) is 42.6 Å². The molecule has 1 saturated heterocycles. The van der Waals surface area contributed by atoms with Gasteiger partial charge < -0.3 is 10.1 Å². The molecule has 1 aliphatic heterocycles. The summed E-state index contributed by atoms with van der Waals surface area (Å²) < 4.78 is 9.85. The fourth-order valence-electron chi connectivity index (χ4n) is 3.36. The molecule has 0 saturated carbocycles. The Bertz CT molecular complexity index is 1270. The Morgan fingerprint density at radius 1 is 1.30 bits per heavy atom. The van der Waals surface area contributed by atoms with Crippen LogP contribution in [0.3, 0.4) is 0 Å². The van der Waals surface area contributed by atoms with Gasteiger partial charge >= 0.3 is 6.09 Å². The smallest absolute Gasteiger partial charge is 0.415 e. The van der Waals surface area contributed by atoms with Crippen molar-refractivity contribution in [2.24, 2.45) is 0 Å². The Morgan fingerprint density at radius 3 is 2.97 bits per heavy atom. The lowest BCUT2D eigenvalue weighted by molar-refractivity contribution is 0.0871. The molecular formula is C20H17ClN6O2S. The molecule has 0 radical (unpaired) electrons. The lowest BCUT2D eigenvalue weighted by Crippen LogP contribution is -2.28. The quantitative estimate of drug-likeness (QED) is 0.452. The fourth-order valence-corrected chi connectivity index (χ4v) is 4.23. The van der Waals surface area contributed by atoms with Crippen molar-refractivity contribution in [2.45, 2.75) is 19.4 Å². The van der Waals surface area contributed by atoms with E-state index < -0.39 is 5.60 Å². The first-order chi connectivity index (χ1) is 14.4. The van der Waals surface area contributed by atoms with Crippen LogP contribution in [0, 0.1) is 0 Å². The molecule has 152 valence electrons. The third kappa shape index (κ3) is 3.35. The summed E-state index contributed by atoms with van der Waals surface area (Å²) in [6.45, 7) is 4.27. The number of aromatic amines is 1. The standard InChI is InChI=1S/C20H17ClN6O2S/c1-20(2)10-27(19(28)29-20)12-5-3-4-11(8-12)17-24-18(30-26-17)23-15-7-6-14-13(16(15)21)9-22-25-14/h3-9H,10H2,1-2H3,(H,22,25)(H,23,24,26). The van der Waals surface area contributed by atoms with Crippen LogP contribution in [0.4, 0.5) is 21.3 Å². The number of anilines is 3. The molecule has 2 aromatic heterocycles. The van der Waals surface area contributed by atoms with E-state index in [0.717, 1.165) is 27.8 Å². The molecule has 0 bridgehead atoms. The molecule has 1 aliphatic rings. The van der Waals surface area contributed by atoms with Crippen LogP contribution >= 0.6 is 23.1 Å². The number of H-pyrrole nitrogens is 1. The predicted octanol–water partition coefficient (Wildman–Crippen LogP) is 5.21. The third-order valence-corrected chi connectivity index (χ3v) is 5.80. The highest BCUT2D eigenvalue weighted by atomic mass is 35.5. The van der Waals surface area contributed by atoms with Crippen molar-refractivity contribution in [2.75, 3.05) is 16.8 Å². The van der Waals surface area contributed by atoms with Gasteiger partial charge in [0.25, 0.3) is 0 Å². The summed E-state index contributed by atoms with van der Waals surface area (Å²) in [5, 5.41) is 12.1. The van der Waals surface area contributed by atoms with E-state index in [1.807, 2.05) is 50.2 Å². The number of nitrogens with zero attached hydrogens (tertiary/aromatic N) is 4. The van der Waals surface area contributed by atoms with Gasteiger partial charge in [-0.1, -0.05) is 23.7 Å². The number of halogens is 1. The number of benzene rings is 2. The largest absolute Gasteiger partial charge is 0.441 e. The maximum absolute atomic E-state index is 12.2. The molecule has 30 heavy (non-hydrogen) atoms. The van der Waals surface area contributed by atoms with Gasteiger partial charge in [0.1, 0.15) is 5.60 Å². The summed E-state index contributed by atoms with van der Waals surface area (Å²) in [5.41, 5.74) is 2.64. The monoisotopic (exact) mass is 440 g/mol. The molecule has 2 aromatic carbocycles. The summed E-state index contributed by atoms with van der Waals surface area (Å²) in [7, 11) is 0. The second-order valence-electron chi connectivity index (χ2n) is 7.57. The number of hydrogen-bond acceptors (Lipinski definition) is 7. The van der Waals surface area contributed by atoms with E-state index in [1.165, 1.54) is 11.5 Å². The number of nitrogens with one attached hydrogen (secondary N) is 2. The van der Waals surface area contributed by atoms with Gasteiger partial charge in [0.2, 0.25) is 5.13 Å². The van der Waals surface area contributed by atoms with Crippen LogP contribution in [0.5, 0.6) is 0 Å². The number of carbonyl (C=O) groups is 1. The molecular weight excluding hydrogens is 424 g/mol. The second-order valence-corrected chi connectivity index (χ2v) is 8.70. The normalized spacial score (nSPS) is 15.6. The number of amides is 1. The summed E-state index contributed by atoms with van der Waals surface area (Å²) in [5.74, 6) is 0.566. The van der Waals surface area contributed by atoms with Gasteiger partial charge in [0.15, 0.2) is 5.82 Å². The summed E-state index contributed by atoms with van der Waals surface area (Å²) in [4.78, 5) is 18.4. The van der Waals surface area contributed by atoms with Crippen molar-refractivity contribution in [3.05, 3.63) is 47.6 Å². The Hall–Kier alpha value is -3.17. The summed E-state index contributed by atoms with van der Waals surface area (Å²) >= 11 is 7.71. The molecule has 1 amide bonds. The lowest BCUT2D eigenvalue weighted by atomic mass is 10.1. The van der Waals surface area contributed by atoms with E-state index in [0.29, 0.717) is 22.5 Å². The molecule has 0 unspecified atom stereocenters. The molecule has 5 rings (SSSR count). The molecule has 8 nitrogen and oxygen atoms in total. The van der Waals surface area contributed by atoms with Gasteiger partial charge in [0, 0.05) is 28.2 Å². The molecule has 0 spiro atoms. The Balaban J connectivity index is 1.40. The summed E-state index contributed by atoms with van der Waals surface area (Å²) in [6.07, 6.45) is 1.33. The highest BCUT2D eigenvalue weighted by molar-refractivity contribution is 7.10. The topological polar surface area (TPSA) is 96.0 Å². The van der Waals surface area contributed by atoms with Crippen molar-refractivity contribution in [3.63, 3.8) is 0 Å². The van der Waals surface area contributed by atoms with E-state index in [-0.39, 0.29) is 6.09 Å². The maximum atomic E-state index is 12.2. The van der Waals surface area contributed by atoms with Crippen molar-refractivity contribution in [3.8, 4) is 11.4 Å². The number of ether oxygens (including phenoxy) is 1. The van der Waals surface area contributed by atoms with Crippen molar-refractivity contribution in [1.29, 1.82) is 0 Å². The van der Waals surface area contributed by atoms with E-state index >= 15 is 0 Å². The van der Waals surface area contributed by atoms with Crippen molar-refractivity contribution in [1.82, 2.24) is 19.6 Å². The molecule has 10 heteroatoms. The van der Waals surface area contributed by atoms with Crippen LogP contribution < -0.4 is 10.2 Å². The van der Waals surface area contributed by atoms with Crippen LogP contribution in [0.1, 0.15) is 13.8 Å². The van der Waals surface area contributed by atoms with Gasteiger partial charge in [-0.25, -0.2) is 4.79 Å². The Morgan fingerprint density at radius 2 is 2.17 bits per heavy atom. The van der Waals surface area contributed by atoms with E-state index in [2.05, 4.69) is 24.9 Å². The number of rotatable bonds is 4. The Labute approximate surface area is 181 Å². The average Bonchev–Trinajstić information content (AvgIpc) is 3.43. The number of aromatic nitrogens is 4. The zero-order valence-electron chi connectivity index (χ0n) is 16.1. The molecule has 4 aromatic rings. The highest BCUT2D eigenvalue weighted by Crippen LogP contribution is 2.34. The minimum atomic E-state index is -0.515. The van der Waals surface area contributed by atoms with Crippen molar-refractivity contribution < 1.29 is 9.53 Å². The molecule has 0 atom stereocenters. The number of cyclic esters (lactones) is 1. The number of carbonyl (C=O) groups excluding carboxylic acids is 1. The maximum Gasteiger partial charge on any atom is 0.415 e. The second kappa shape index (κ2) is 6.96. The first-order valence-electron chi connectivity index (χ1n) is 9.23. The predicted molar refractivity (Wildman–Crippen MR) is 118 cm³/mol. The van der Waals surface area contributed by atoms with Gasteiger partial charge in [-0.3, -0.25) is 10.00 Å². The van der Waals surface area contributed by atoms with Crippen LogP contribution in [-0.4, -0.2) is 37.8 Å². The van der Waals surface area contributed by atoms with E-state index in [9.17, 15) is 4.79 Å². The van der Waals surface area contributed by atoms with E-state index in [1.54, 1.807) is 11.1 Å². The van der Waals surface area contributed by atoms with Crippen LogP contribution in [0.2, 0.25) is 5.02 Å². The first kappa shape index (κ1) is 18.8. The minimum absolute atomic E-state index is 0.352. The van der Waals surface area contributed by atoms with Gasteiger partial charge in [-0.2, -0.15) is 14.5 Å². The zero-order chi connectivity index (χ0) is 20.9. The molecule has 1 fully saturated rings. The van der Waals surface area contributed by atoms with Gasteiger partial charge in [0.05, 0.1) is 29.0 Å². The van der Waals surface area contributed by atoms with Crippen molar-refractivity contribution >= 4 is 56.6 Å². The van der Waals surface area contributed by atoms with Crippen LogP contribution in [0.25, 0.3) is 22.3 Å². The Kier molecular flexibility index (Phi) is 4.37. The number of fused-ring (bicyclic) bond motifs is 1. The average molecular weight is 441 g/mol. The minimum Gasteiger partial charge on any atom is -0.441 e. The van der Waals surface area contributed by atoms with Gasteiger partial charge in [-0.05, 0) is 38.1 Å². The fraction of sp³-hybridized carbons (Fsp3) is 0.200. The third-order valence-electron chi connectivity index (χ3n) is 4.76. The van der Waals surface area contributed by atoms with E-state index in [4.69, 9.17) is 16.3 Å². The molecule has 0 aliphatic carbocycles. The highest BCUT2D eigenvalue weighted by Gasteiger charge is 2.38. The van der Waals surface area contributed by atoms with Gasteiger partial charge in [-0.15, -0.1) is 0 Å². The summed E-state index contributed by atoms with van der Waals surface area (Å²) in [6, 6.07) is 11.3. The molecule has 3 heterocycles.